The maximum absolute atomic E-state index is 9.49. The van der Waals surface area contributed by atoms with Gasteiger partial charge in [0.25, 0.3) is 0 Å². The van der Waals surface area contributed by atoms with Crippen molar-refractivity contribution in [2.24, 2.45) is 0 Å². The van der Waals surface area contributed by atoms with Crippen LogP contribution in [0, 0.1) is 23.7 Å². The van der Waals surface area contributed by atoms with Crippen LogP contribution in [-0.4, -0.2) is 15.6 Å². The molecular formula is C24H21ClIN3S. The van der Waals surface area contributed by atoms with Gasteiger partial charge in [0, 0.05) is 32.7 Å². The van der Waals surface area contributed by atoms with Gasteiger partial charge in [-0.05, 0) is 60.6 Å². The number of hydrogen-bond acceptors (Lipinski definition) is 4. The lowest BCUT2D eigenvalue weighted by Crippen LogP contribution is -2.02. The van der Waals surface area contributed by atoms with Crippen molar-refractivity contribution in [3.8, 4) is 6.07 Å². The Balaban J connectivity index is 1.75. The summed E-state index contributed by atoms with van der Waals surface area (Å²) >= 11 is 7.22. The number of nitriles is 1. The summed E-state index contributed by atoms with van der Waals surface area (Å²) in [6.07, 6.45) is 7.77. The Kier molecular flexibility index (Phi) is 8.08. The van der Waals surface area contributed by atoms with Gasteiger partial charge in [-0.25, -0.2) is 0 Å². The van der Waals surface area contributed by atoms with Crippen LogP contribution in [0.15, 0.2) is 75.9 Å². The number of halogens is 2. The van der Waals surface area contributed by atoms with Crippen molar-refractivity contribution in [1.82, 2.24) is 0 Å². The van der Waals surface area contributed by atoms with Gasteiger partial charge in [-0.3, -0.25) is 0 Å². The lowest BCUT2D eigenvalue weighted by molar-refractivity contribution is 1.40. The molecule has 3 nitrogen and oxygen atoms in total. The van der Waals surface area contributed by atoms with E-state index in [0.717, 1.165) is 36.0 Å². The summed E-state index contributed by atoms with van der Waals surface area (Å²) in [5, 5.41) is 21.9. The minimum absolute atomic E-state index is 0.463. The molecular weight excluding hydrogens is 525 g/mol. The minimum atomic E-state index is -0.463. The maximum atomic E-state index is 9.49. The van der Waals surface area contributed by atoms with Crippen LogP contribution in [0.3, 0.4) is 0 Å². The SMILES string of the molecule is CNc1cc(C)ccc1C(=N)/C=C/C1=CC=C(C#N)C(SCc2ccc(Cl)cc2)=I1. The molecule has 30 heavy (non-hydrogen) atoms. The Morgan fingerprint density at radius 3 is 2.70 bits per heavy atom. The summed E-state index contributed by atoms with van der Waals surface area (Å²) in [5.41, 5.74) is 5.40. The largest absolute Gasteiger partial charge is 0.388 e. The Hall–Kier alpha value is -2.14. The fourth-order valence-electron chi connectivity index (χ4n) is 2.76. The zero-order valence-corrected chi connectivity index (χ0v) is 20.4. The van der Waals surface area contributed by atoms with E-state index in [1.165, 1.54) is 9.14 Å². The van der Waals surface area contributed by atoms with Gasteiger partial charge < -0.3 is 10.7 Å². The molecule has 0 radical (unpaired) electrons. The van der Waals surface area contributed by atoms with Gasteiger partial charge in [0.15, 0.2) is 0 Å². The van der Waals surface area contributed by atoms with Gasteiger partial charge in [0.1, 0.15) is 6.07 Å². The first-order chi connectivity index (χ1) is 14.5. The minimum Gasteiger partial charge on any atom is -0.388 e. The molecule has 1 heterocycles. The Bertz CT molecular complexity index is 1120. The second kappa shape index (κ2) is 10.8. The maximum Gasteiger partial charge on any atom is 0.101 e. The second-order valence-corrected chi connectivity index (χ2v) is 11.6. The highest BCUT2D eigenvalue weighted by Crippen LogP contribution is 2.33. The molecule has 0 saturated carbocycles. The molecule has 3 rings (SSSR count). The number of thioether (sulfide) groups is 1. The van der Waals surface area contributed by atoms with Gasteiger partial charge in [-0.1, -0.05) is 56.6 Å². The van der Waals surface area contributed by atoms with Gasteiger partial charge in [0.05, 0.1) is 14.1 Å². The van der Waals surface area contributed by atoms with Crippen LogP contribution in [0.1, 0.15) is 16.7 Å². The van der Waals surface area contributed by atoms with Gasteiger partial charge in [-0.2, -0.15) is 5.26 Å². The summed E-state index contributed by atoms with van der Waals surface area (Å²) in [5.74, 6) is 0.812. The zero-order valence-electron chi connectivity index (χ0n) is 16.7. The topological polar surface area (TPSA) is 59.7 Å². The van der Waals surface area contributed by atoms with Crippen molar-refractivity contribution >= 4 is 58.3 Å². The fourth-order valence-corrected chi connectivity index (χ4v) is 7.11. The quantitative estimate of drug-likeness (QED) is 0.291. The molecule has 0 fully saturated rings. The zero-order chi connectivity index (χ0) is 21.5. The fraction of sp³-hybridized carbons (Fsp3) is 0.125. The van der Waals surface area contributed by atoms with E-state index in [9.17, 15) is 5.26 Å². The molecule has 0 aromatic heterocycles. The number of anilines is 1. The number of hydrogen-bond donors (Lipinski definition) is 2. The molecule has 0 spiro atoms. The summed E-state index contributed by atoms with van der Waals surface area (Å²) in [6, 6.07) is 16.2. The molecule has 1 aliphatic heterocycles. The molecule has 6 heteroatoms. The summed E-state index contributed by atoms with van der Waals surface area (Å²) in [7, 11) is 1.87. The van der Waals surface area contributed by atoms with E-state index in [-0.39, 0.29) is 0 Å². The van der Waals surface area contributed by atoms with Crippen LogP contribution < -0.4 is 5.32 Å². The first-order valence-corrected chi connectivity index (χ1v) is 12.8. The molecule has 152 valence electrons. The molecule has 2 N–H and O–H groups in total. The van der Waals surface area contributed by atoms with E-state index >= 15 is 0 Å². The van der Waals surface area contributed by atoms with Crippen LogP contribution >= 0.6 is 44.1 Å². The van der Waals surface area contributed by atoms with E-state index in [0.29, 0.717) is 5.71 Å². The second-order valence-electron chi connectivity index (χ2n) is 6.57. The van der Waals surface area contributed by atoms with Crippen LogP contribution in [0.25, 0.3) is 0 Å². The number of nitrogens with one attached hydrogen (secondary N) is 2. The number of rotatable bonds is 7. The highest BCUT2D eigenvalue weighted by Gasteiger charge is 2.11. The van der Waals surface area contributed by atoms with Crippen molar-refractivity contribution in [2.45, 2.75) is 12.7 Å². The summed E-state index contributed by atoms with van der Waals surface area (Å²) < 4.78 is 2.35. The highest BCUT2D eigenvalue weighted by molar-refractivity contribution is 14.2. The third-order valence-electron chi connectivity index (χ3n) is 4.36. The highest BCUT2D eigenvalue weighted by atomic mass is 127. The van der Waals surface area contributed by atoms with Gasteiger partial charge in [0.2, 0.25) is 0 Å². The van der Waals surface area contributed by atoms with Crippen molar-refractivity contribution in [2.75, 3.05) is 12.4 Å². The predicted molar refractivity (Wildman–Crippen MR) is 140 cm³/mol. The monoisotopic (exact) mass is 545 g/mol. The first-order valence-electron chi connectivity index (χ1n) is 9.27. The number of nitrogens with zero attached hydrogens (tertiary/aromatic N) is 1. The Labute approximate surface area is 196 Å². The molecule has 0 bridgehead atoms. The predicted octanol–water partition coefficient (Wildman–Crippen LogP) is 7.00. The smallest absolute Gasteiger partial charge is 0.101 e. The summed E-state index contributed by atoms with van der Waals surface area (Å²) in [6.45, 7) is 2.04. The number of benzene rings is 2. The summed E-state index contributed by atoms with van der Waals surface area (Å²) in [4.78, 5) is 0. The van der Waals surface area contributed by atoms with Crippen LogP contribution in [0.2, 0.25) is 5.02 Å². The number of allylic oxidation sites excluding steroid dienone is 5. The van der Waals surface area contributed by atoms with Gasteiger partial charge >= 0.3 is 0 Å². The van der Waals surface area contributed by atoms with Crippen LogP contribution in [0.5, 0.6) is 0 Å². The normalized spacial score (nSPS) is 13.6. The third-order valence-corrected chi connectivity index (χ3v) is 9.43. The van der Waals surface area contributed by atoms with Crippen molar-refractivity contribution in [3.05, 3.63) is 97.6 Å². The van der Waals surface area contributed by atoms with Crippen molar-refractivity contribution in [1.29, 1.82) is 10.7 Å². The van der Waals surface area contributed by atoms with E-state index in [1.54, 1.807) is 11.8 Å². The molecule has 0 aliphatic carbocycles. The molecule has 2 aromatic rings. The Morgan fingerprint density at radius 1 is 1.23 bits per heavy atom. The van der Waals surface area contributed by atoms with E-state index in [4.69, 9.17) is 17.0 Å². The van der Waals surface area contributed by atoms with E-state index in [2.05, 4.69) is 11.4 Å². The molecule has 0 unspecified atom stereocenters. The van der Waals surface area contributed by atoms with Crippen LogP contribution in [-0.2, 0) is 5.75 Å². The van der Waals surface area contributed by atoms with E-state index in [1.807, 2.05) is 80.7 Å². The molecule has 0 saturated heterocycles. The lowest BCUT2D eigenvalue weighted by Gasteiger charge is -2.11. The average molecular weight is 546 g/mol. The molecule has 2 aromatic carbocycles. The molecule has 1 aliphatic rings. The molecule has 0 atom stereocenters. The molecule has 0 amide bonds. The van der Waals surface area contributed by atoms with Gasteiger partial charge in [-0.15, -0.1) is 11.8 Å². The van der Waals surface area contributed by atoms with Crippen molar-refractivity contribution in [3.63, 3.8) is 0 Å². The van der Waals surface area contributed by atoms with Crippen LogP contribution in [0.4, 0.5) is 5.69 Å². The number of aryl methyl sites for hydroxylation is 1. The van der Waals surface area contributed by atoms with Crippen molar-refractivity contribution < 1.29 is 0 Å². The lowest BCUT2D eigenvalue weighted by atomic mass is 10.0. The Morgan fingerprint density at radius 2 is 2.00 bits per heavy atom. The standard InChI is InChI=1S/C24H21ClIN3S/c1-16-3-11-21(23(13-16)29-2)22(28)12-10-20-9-6-18(14-27)24(26-20)30-15-17-4-7-19(25)8-5-17/h3-13,28-29H,15H2,1-2H3/b12-10+,28-22?. The van der Waals surface area contributed by atoms with E-state index < -0.39 is 20.7 Å². The first kappa shape index (κ1) is 22.5. The average Bonchev–Trinajstić information content (AvgIpc) is 2.77. The third kappa shape index (κ3) is 5.94.